The molecule has 0 aromatic heterocycles. The first-order valence-electron chi connectivity index (χ1n) is 7.09. The average molecular weight is 317 g/mol. The van der Waals surface area contributed by atoms with Gasteiger partial charge in [0.1, 0.15) is 5.75 Å². The fourth-order valence-corrected chi connectivity index (χ4v) is 4.73. The van der Waals surface area contributed by atoms with Crippen LogP contribution >= 0.6 is 10.7 Å². The Morgan fingerprint density at radius 1 is 1.05 bits per heavy atom. The van der Waals surface area contributed by atoms with Crippen molar-refractivity contribution in [3.05, 3.63) is 30.3 Å². The van der Waals surface area contributed by atoms with Gasteiger partial charge in [0.25, 0.3) is 0 Å². The van der Waals surface area contributed by atoms with E-state index in [4.69, 9.17) is 15.4 Å². The van der Waals surface area contributed by atoms with Crippen LogP contribution in [-0.4, -0.2) is 20.8 Å². The molecule has 0 N–H and O–H groups in total. The highest BCUT2D eigenvalue weighted by Crippen LogP contribution is 2.37. The van der Waals surface area contributed by atoms with E-state index in [1.807, 2.05) is 30.3 Å². The van der Waals surface area contributed by atoms with Gasteiger partial charge in [0.2, 0.25) is 9.05 Å². The van der Waals surface area contributed by atoms with E-state index in [0.717, 1.165) is 44.3 Å². The molecule has 3 nitrogen and oxygen atoms in total. The third-order valence-electron chi connectivity index (χ3n) is 3.93. The number of ether oxygens (including phenoxy) is 1. The summed E-state index contributed by atoms with van der Waals surface area (Å²) in [4.78, 5) is 0. The second-order valence-corrected chi connectivity index (χ2v) is 8.48. The van der Waals surface area contributed by atoms with Crippen LogP contribution in [0.5, 0.6) is 5.75 Å². The number of benzene rings is 1. The van der Waals surface area contributed by atoms with E-state index >= 15 is 0 Å². The van der Waals surface area contributed by atoms with Gasteiger partial charge in [-0.2, -0.15) is 0 Å². The van der Waals surface area contributed by atoms with Crippen molar-refractivity contribution in [3.63, 3.8) is 0 Å². The normalized spacial score (nSPS) is 19.2. The van der Waals surface area contributed by atoms with Crippen LogP contribution in [0.2, 0.25) is 0 Å². The number of para-hydroxylation sites is 1. The Labute approximate surface area is 125 Å². The lowest BCUT2D eigenvalue weighted by molar-refractivity contribution is 0.146. The second kappa shape index (κ2) is 6.81. The van der Waals surface area contributed by atoms with Gasteiger partial charge in [-0.15, -0.1) is 0 Å². The van der Waals surface area contributed by atoms with E-state index in [1.54, 1.807) is 0 Å². The maximum absolute atomic E-state index is 11.5. The Morgan fingerprint density at radius 3 is 2.20 bits per heavy atom. The molecule has 0 amide bonds. The molecule has 1 aromatic carbocycles. The zero-order chi connectivity index (χ0) is 14.5. The minimum atomic E-state index is -3.51. The van der Waals surface area contributed by atoms with Crippen molar-refractivity contribution in [3.8, 4) is 5.75 Å². The highest BCUT2D eigenvalue weighted by atomic mass is 35.7. The van der Waals surface area contributed by atoms with Crippen molar-refractivity contribution in [1.29, 1.82) is 0 Å². The number of hydrogen-bond donors (Lipinski definition) is 0. The van der Waals surface area contributed by atoms with E-state index in [1.165, 1.54) is 0 Å². The quantitative estimate of drug-likeness (QED) is 0.609. The van der Waals surface area contributed by atoms with Crippen LogP contribution in [0.15, 0.2) is 30.3 Å². The molecule has 1 aliphatic carbocycles. The summed E-state index contributed by atoms with van der Waals surface area (Å²) >= 11 is 0. The molecule has 20 heavy (non-hydrogen) atoms. The summed E-state index contributed by atoms with van der Waals surface area (Å²) in [5.41, 5.74) is -0.340. The summed E-state index contributed by atoms with van der Waals surface area (Å²) in [6, 6.07) is 9.53. The predicted molar refractivity (Wildman–Crippen MR) is 81.7 cm³/mol. The fourth-order valence-electron chi connectivity index (χ4n) is 2.93. The molecule has 5 heteroatoms. The highest BCUT2D eigenvalue weighted by molar-refractivity contribution is 8.13. The Bertz CT molecular complexity index is 505. The zero-order valence-electron chi connectivity index (χ0n) is 11.6. The molecule has 0 aliphatic heterocycles. The first kappa shape index (κ1) is 15.6. The van der Waals surface area contributed by atoms with Gasteiger partial charge in [0.15, 0.2) is 0 Å². The molecule has 0 heterocycles. The van der Waals surface area contributed by atoms with E-state index in [0.29, 0.717) is 6.61 Å². The van der Waals surface area contributed by atoms with E-state index < -0.39 is 9.05 Å². The molecular formula is C15H21ClO3S. The zero-order valence-corrected chi connectivity index (χ0v) is 13.1. The lowest BCUT2D eigenvalue weighted by Gasteiger charge is -2.31. The SMILES string of the molecule is O=S(=O)(Cl)CC1(COc2ccccc2)CCCCCC1. The summed E-state index contributed by atoms with van der Waals surface area (Å²) < 4.78 is 28.9. The summed E-state index contributed by atoms with van der Waals surface area (Å²) in [5, 5.41) is 0. The Balaban J connectivity index is 2.09. The van der Waals surface area contributed by atoms with Gasteiger partial charge < -0.3 is 4.74 Å². The summed E-state index contributed by atoms with van der Waals surface area (Å²) in [6.07, 6.45) is 6.15. The predicted octanol–water partition coefficient (Wildman–Crippen LogP) is 3.97. The van der Waals surface area contributed by atoms with Gasteiger partial charge in [0.05, 0.1) is 12.4 Å². The lowest BCUT2D eigenvalue weighted by atomic mass is 9.83. The molecule has 0 spiro atoms. The summed E-state index contributed by atoms with van der Waals surface area (Å²) in [7, 11) is 2.00. The van der Waals surface area contributed by atoms with E-state index in [2.05, 4.69) is 0 Å². The third kappa shape index (κ3) is 4.98. The van der Waals surface area contributed by atoms with Crippen molar-refractivity contribution in [2.45, 2.75) is 38.5 Å². The van der Waals surface area contributed by atoms with Gasteiger partial charge in [-0.25, -0.2) is 8.42 Å². The number of rotatable bonds is 5. The van der Waals surface area contributed by atoms with Crippen LogP contribution < -0.4 is 4.74 Å². The molecule has 1 aromatic rings. The highest BCUT2D eigenvalue weighted by Gasteiger charge is 2.36. The molecule has 0 unspecified atom stereocenters. The van der Waals surface area contributed by atoms with Gasteiger partial charge >= 0.3 is 0 Å². The molecule has 0 radical (unpaired) electrons. The van der Waals surface area contributed by atoms with Crippen LogP contribution in [0, 0.1) is 5.41 Å². The first-order chi connectivity index (χ1) is 9.49. The van der Waals surface area contributed by atoms with E-state index in [-0.39, 0.29) is 11.2 Å². The molecule has 1 saturated carbocycles. The second-order valence-electron chi connectivity index (χ2n) is 5.70. The van der Waals surface area contributed by atoms with Gasteiger partial charge in [-0.1, -0.05) is 43.9 Å². The minimum absolute atomic E-state index is 0.00832. The topological polar surface area (TPSA) is 43.4 Å². The van der Waals surface area contributed by atoms with Crippen LogP contribution in [0.1, 0.15) is 38.5 Å². The van der Waals surface area contributed by atoms with Crippen molar-refractivity contribution in [2.24, 2.45) is 5.41 Å². The lowest BCUT2D eigenvalue weighted by Crippen LogP contribution is -2.34. The fraction of sp³-hybridized carbons (Fsp3) is 0.600. The Hall–Kier alpha value is -0.740. The van der Waals surface area contributed by atoms with Crippen LogP contribution in [0.3, 0.4) is 0 Å². The van der Waals surface area contributed by atoms with Crippen LogP contribution in [0.25, 0.3) is 0 Å². The van der Waals surface area contributed by atoms with Crippen molar-refractivity contribution >= 4 is 19.7 Å². The maximum Gasteiger partial charge on any atom is 0.233 e. The first-order valence-corrected chi connectivity index (χ1v) is 9.57. The van der Waals surface area contributed by atoms with Gasteiger partial charge in [0, 0.05) is 16.1 Å². The maximum atomic E-state index is 11.5. The molecule has 1 aliphatic rings. The molecule has 0 atom stereocenters. The Kier molecular flexibility index (Phi) is 5.33. The molecule has 0 bridgehead atoms. The van der Waals surface area contributed by atoms with Gasteiger partial charge in [-0.05, 0) is 25.0 Å². The molecule has 1 fully saturated rings. The summed E-state index contributed by atoms with van der Waals surface area (Å²) in [6.45, 7) is 0.420. The molecular weight excluding hydrogens is 296 g/mol. The average Bonchev–Trinajstić information content (AvgIpc) is 2.62. The monoisotopic (exact) mass is 316 g/mol. The van der Waals surface area contributed by atoms with Crippen LogP contribution in [0.4, 0.5) is 0 Å². The van der Waals surface area contributed by atoms with Crippen molar-refractivity contribution < 1.29 is 13.2 Å². The largest absolute Gasteiger partial charge is 0.493 e. The minimum Gasteiger partial charge on any atom is -0.493 e. The van der Waals surface area contributed by atoms with Crippen molar-refractivity contribution in [2.75, 3.05) is 12.4 Å². The van der Waals surface area contributed by atoms with Gasteiger partial charge in [-0.3, -0.25) is 0 Å². The van der Waals surface area contributed by atoms with Crippen LogP contribution in [-0.2, 0) is 9.05 Å². The number of halogens is 1. The standard InChI is InChI=1S/C15H21ClO3S/c16-20(17,18)13-15(10-6-1-2-7-11-15)12-19-14-8-4-3-5-9-14/h3-5,8-9H,1-2,6-7,10-13H2. The third-order valence-corrected chi connectivity index (χ3v) is 5.22. The van der Waals surface area contributed by atoms with Crippen molar-refractivity contribution in [1.82, 2.24) is 0 Å². The number of hydrogen-bond acceptors (Lipinski definition) is 3. The molecule has 112 valence electrons. The summed E-state index contributed by atoms with van der Waals surface area (Å²) in [5.74, 6) is 0.789. The van der Waals surface area contributed by atoms with E-state index in [9.17, 15) is 8.42 Å². The smallest absolute Gasteiger partial charge is 0.233 e. The molecule has 0 saturated heterocycles. The Morgan fingerprint density at radius 2 is 1.65 bits per heavy atom. The molecule has 2 rings (SSSR count).